The molecule has 5 heteroatoms. The Balaban J connectivity index is 2.01. The smallest absolute Gasteiger partial charge is 0.355 e. The van der Waals surface area contributed by atoms with Crippen LogP contribution in [0.2, 0.25) is 0 Å². The Morgan fingerprint density at radius 1 is 0.955 bits per heavy atom. The zero-order valence-electron chi connectivity index (χ0n) is 11.4. The molecule has 22 heavy (non-hydrogen) atoms. The van der Waals surface area contributed by atoms with Gasteiger partial charge in [0.2, 0.25) is 5.88 Å². The van der Waals surface area contributed by atoms with Crippen molar-refractivity contribution < 1.29 is 19.4 Å². The minimum absolute atomic E-state index is 0.0371. The molecule has 0 aliphatic rings. The molecule has 2 aromatic carbocycles. The summed E-state index contributed by atoms with van der Waals surface area (Å²) in [5.41, 5.74) is 0.225. The third kappa shape index (κ3) is 2.64. The average molecular weight is 293 g/mol. The molecular formula is C17H11NO4. The molecule has 0 atom stereocenters. The van der Waals surface area contributed by atoms with Gasteiger partial charge in [-0.2, -0.15) is 0 Å². The molecule has 0 saturated heterocycles. The summed E-state index contributed by atoms with van der Waals surface area (Å²) in [6.45, 7) is 0. The van der Waals surface area contributed by atoms with Crippen LogP contribution >= 0.6 is 0 Å². The van der Waals surface area contributed by atoms with Crippen LogP contribution in [0.4, 0.5) is 0 Å². The standard InChI is InChI=1S/C17H11NO4/c19-16(20)15-13-9-5-4-8-12(13)10-14(18-15)22-17(21)11-6-2-1-3-7-11/h1-10H,(H,19,20). The van der Waals surface area contributed by atoms with Crippen LogP contribution in [0.3, 0.4) is 0 Å². The first-order chi connectivity index (χ1) is 10.6. The van der Waals surface area contributed by atoms with Crippen LogP contribution in [-0.2, 0) is 0 Å². The highest BCUT2D eigenvalue weighted by atomic mass is 16.5. The number of rotatable bonds is 3. The molecular weight excluding hydrogens is 282 g/mol. The van der Waals surface area contributed by atoms with Gasteiger partial charge in [0.1, 0.15) is 0 Å². The van der Waals surface area contributed by atoms with Crippen LogP contribution in [0.5, 0.6) is 5.88 Å². The Morgan fingerprint density at radius 2 is 1.64 bits per heavy atom. The molecule has 1 heterocycles. The van der Waals surface area contributed by atoms with Gasteiger partial charge >= 0.3 is 11.9 Å². The van der Waals surface area contributed by atoms with E-state index >= 15 is 0 Å². The third-order valence-electron chi connectivity index (χ3n) is 3.13. The highest BCUT2D eigenvalue weighted by Crippen LogP contribution is 2.22. The fourth-order valence-electron chi connectivity index (χ4n) is 2.12. The highest BCUT2D eigenvalue weighted by molar-refractivity contribution is 6.02. The van der Waals surface area contributed by atoms with E-state index in [0.29, 0.717) is 16.3 Å². The van der Waals surface area contributed by atoms with Gasteiger partial charge in [-0.1, -0.05) is 42.5 Å². The van der Waals surface area contributed by atoms with Crippen molar-refractivity contribution in [2.24, 2.45) is 0 Å². The molecule has 0 radical (unpaired) electrons. The van der Waals surface area contributed by atoms with Crippen molar-refractivity contribution in [3.63, 3.8) is 0 Å². The second-order valence-electron chi connectivity index (χ2n) is 4.59. The lowest BCUT2D eigenvalue weighted by atomic mass is 10.1. The van der Waals surface area contributed by atoms with E-state index in [2.05, 4.69) is 4.98 Å². The van der Waals surface area contributed by atoms with Crippen molar-refractivity contribution in [1.82, 2.24) is 4.98 Å². The Morgan fingerprint density at radius 3 is 2.36 bits per heavy atom. The summed E-state index contributed by atoms with van der Waals surface area (Å²) in [4.78, 5) is 27.3. The molecule has 0 aliphatic carbocycles. The molecule has 1 aromatic heterocycles. The molecule has 0 saturated carbocycles. The van der Waals surface area contributed by atoms with E-state index in [4.69, 9.17) is 4.74 Å². The minimum atomic E-state index is -1.17. The van der Waals surface area contributed by atoms with Crippen LogP contribution in [0, 0.1) is 0 Å². The minimum Gasteiger partial charge on any atom is -0.476 e. The fourth-order valence-corrected chi connectivity index (χ4v) is 2.12. The molecule has 3 rings (SSSR count). The number of fused-ring (bicyclic) bond motifs is 1. The van der Waals surface area contributed by atoms with Gasteiger partial charge in [0.25, 0.3) is 0 Å². The zero-order chi connectivity index (χ0) is 15.5. The lowest BCUT2D eigenvalue weighted by Crippen LogP contribution is -2.11. The summed E-state index contributed by atoms with van der Waals surface area (Å²) in [5, 5.41) is 10.4. The zero-order valence-corrected chi connectivity index (χ0v) is 11.4. The summed E-state index contributed by atoms with van der Waals surface area (Å²) in [6.07, 6.45) is 0. The Bertz CT molecular complexity index is 859. The van der Waals surface area contributed by atoms with E-state index in [1.807, 2.05) is 0 Å². The number of benzene rings is 2. The van der Waals surface area contributed by atoms with E-state index in [1.165, 1.54) is 0 Å². The first kappa shape index (κ1) is 13.8. The van der Waals surface area contributed by atoms with Crippen molar-refractivity contribution in [3.8, 4) is 5.88 Å². The number of carboxylic acids is 1. The summed E-state index contributed by atoms with van der Waals surface area (Å²) in [5.74, 6) is -1.79. The normalized spacial score (nSPS) is 10.4. The molecule has 0 amide bonds. The van der Waals surface area contributed by atoms with E-state index in [0.717, 1.165) is 0 Å². The quantitative estimate of drug-likeness (QED) is 0.751. The average Bonchev–Trinajstić information content (AvgIpc) is 2.54. The third-order valence-corrected chi connectivity index (χ3v) is 3.13. The first-order valence-corrected chi connectivity index (χ1v) is 6.55. The number of nitrogens with zero attached hydrogens (tertiary/aromatic N) is 1. The number of aromatic carboxylic acids is 1. The van der Waals surface area contributed by atoms with Crippen LogP contribution in [0.1, 0.15) is 20.8 Å². The lowest BCUT2D eigenvalue weighted by Gasteiger charge is -2.07. The van der Waals surface area contributed by atoms with Crippen molar-refractivity contribution in [1.29, 1.82) is 0 Å². The molecule has 108 valence electrons. The number of hydrogen-bond acceptors (Lipinski definition) is 4. The lowest BCUT2D eigenvalue weighted by molar-refractivity contribution is 0.0677. The summed E-state index contributed by atoms with van der Waals surface area (Å²) >= 11 is 0. The second-order valence-corrected chi connectivity index (χ2v) is 4.59. The van der Waals surface area contributed by atoms with Crippen LogP contribution in [-0.4, -0.2) is 22.0 Å². The number of esters is 1. The maximum atomic E-state index is 12.0. The van der Waals surface area contributed by atoms with E-state index < -0.39 is 11.9 Å². The van der Waals surface area contributed by atoms with Gasteiger partial charge in [0, 0.05) is 11.5 Å². The van der Waals surface area contributed by atoms with Crippen molar-refractivity contribution in [2.45, 2.75) is 0 Å². The number of carboxylic acid groups (broad SMARTS) is 1. The number of pyridine rings is 1. The largest absolute Gasteiger partial charge is 0.476 e. The number of carbonyl (C=O) groups excluding carboxylic acids is 1. The number of carbonyl (C=O) groups is 2. The maximum absolute atomic E-state index is 12.0. The van der Waals surface area contributed by atoms with Gasteiger partial charge in [0.05, 0.1) is 5.56 Å². The van der Waals surface area contributed by atoms with Crippen LogP contribution in [0.15, 0.2) is 60.7 Å². The molecule has 0 aliphatic heterocycles. The molecule has 0 bridgehead atoms. The molecule has 0 spiro atoms. The first-order valence-electron chi connectivity index (χ1n) is 6.55. The van der Waals surface area contributed by atoms with Crippen molar-refractivity contribution >= 4 is 22.7 Å². The maximum Gasteiger partial charge on any atom is 0.355 e. The highest BCUT2D eigenvalue weighted by Gasteiger charge is 2.15. The van der Waals surface area contributed by atoms with Gasteiger partial charge in [-0.3, -0.25) is 0 Å². The van der Waals surface area contributed by atoms with Gasteiger partial charge in [-0.05, 0) is 17.5 Å². The monoisotopic (exact) mass is 293 g/mol. The van der Waals surface area contributed by atoms with E-state index in [1.54, 1.807) is 60.7 Å². The fraction of sp³-hybridized carbons (Fsp3) is 0. The van der Waals surface area contributed by atoms with Gasteiger partial charge in [-0.25, -0.2) is 14.6 Å². The molecule has 0 unspecified atom stereocenters. The SMILES string of the molecule is O=C(Oc1cc2ccccc2c(C(=O)O)n1)c1ccccc1. The number of ether oxygens (including phenoxy) is 1. The summed E-state index contributed by atoms with van der Waals surface area (Å²) in [6, 6.07) is 16.9. The van der Waals surface area contributed by atoms with Gasteiger partial charge in [0.15, 0.2) is 5.69 Å². The number of aromatic nitrogens is 1. The molecule has 0 fully saturated rings. The van der Waals surface area contributed by atoms with Gasteiger partial charge < -0.3 is 9.84 Å². The second kappa shape index (κ2) is 5.65. The summed E-state index contributed by atoms with van der Waals surface area (Å²) in [7, 11) is 0. The van der Waals surface area contributed by atoms with E-state index in [-0.39, 0.29) is 11.6 Å². The predicted molar refractivity (Wildman–Crippen MR) is 80.1 cm³/mol. The molecule has 3 aromatic rings. The molecule has 5 nitrogen and oxygen atoms in total. The molecule has 1 N–H and O–H groups in total. The Hall–Kier alpha value is -3.21. The van der Waals surface area contributed by atoms with Gasteiger partial charge in [-0.15, -0.1) is 0 Å². The van der Waals surface area contributed by atoms with Crippen LogP contribution < -0.4 is 4.74 Å². The Kier molecular flexibility index (Phi) is 3.53. The van der Waals surface area contributed by atoms with E-state index in [9.17, 15) is 14.7 Å². The predicted octanol–water partition coefficient (Wildman–Crippen LogP) is 3.15. The van der Waals surface area contributed by atoms with Crippen molar-refractivity contribution in [3.05, 3.63) is 71.9 Å². The summed E-state index contributed by atoms with van der Waals surface area (Å²) < 4.78 is 5.19. The van der Waals surface area contributed by atoms with Crippen LogP contribution in [0.25, 0.3) is 10.8 Å². The topological polar surface area (TPSA) is 76.5 Å². The van der Waals surface area contributed by atoms with Crippen molar-refractivity contribution in [2.75, 3.05) is 0 Å². The Labute approximate surface area is 125 Å². The number of hydrogen-bond donors (Lipinski definition) is 1.